The molecule has 1 N–H and O–H groups in total. The van der Waals surface area contributed by atoms with E-state index in [2.05, 4.69) is 45.2 Å². The van der Waals surface area contributed by atoms with Crippen LogP contribution in [-0.2, 0) is 12.3 Å². The molecule has 0 bridgehead atoms. The number of rotatable bonds is 9. The topological polar surface area (TPSA) is 59.8 Å². The second-order valence-electron chi connectivity index (χ2n) is 8.91. The number of thioether (sulfide) groups is 1. The quantitative estimate of drug-likeness (QED) is 0.222. The van der Waals surface area contributed by atoms with E-state index in [1.54, 1.807) is 11.8 Å². The number of aromatic nitrogens is 3. The molecule has 4 aromatic rings. The molecule has 0 atom stereocenters. The summed E-state index contributed by atoms with van der Waals surface area (Å²) in [5.41, 5.74) is 6.37. The first-order chi connectivity index (χ1) is 17.3. The third kappa shape index (κ3) is 6.01. The average molecular weight is 483 g/mol. The Hall–Kier alpha value is -3.38. The van der Waals surface area contributed by atoms with Gasteiger partial charge in [0.1, 0.15) is 5.52 Å². The van der Waals surface area contributed by atoms with E-state index in [4.69, 9.17) is 4.98 Å². The Morgan fingerprint density at radius 1 is 0.971 bits per heavy atom. The van der Waals surface area contributed by atoms with Gasteiger partial charge in [-0.2, -0.15) is 0 Å². The van der Waals surface area contributed by atoms with Crippen LogP contribution in [0, 0.1) is 0 Å². The molecule has 0 aliphatic heterocycles. The molecule has 6 heteroatoms. The first-order valence-electron chi connectivity index (χ1n) is 12.3. The maximum atomic E-state index is 12.5. The van der Waals surface area contributed by atoms with Crippen molar-refractivity contribution in [2.75, 3.05) is 6.54 Å². The van der Waals surface area contributed by atoms with E-state index < -0.39 is 0 Å². The molecule has 35 heavy (non-hydrogen) atoms. The summed E-state index contributed by atoms with van der Waals surface area (Å²) in [6, 6.07) is 22.2. The Morgan fingerprint density at radius 3 is 2.63 bits per heavy atom. The highest BCUT2D eigenvalue weighted by Crippen LogP contribution is 2.27. The molecule has 1 amide bonds. The summed E-state index contributed by atoms with van der Waals surface area (Å²) in [7, 11) is 0. The summed E-state index contributed by atoms with van der Waals surface area (Å²) in [5, 5.41) is 4.01. The van der Waals surface area contributed by atoms with Crippen molar-refractivity contribution in [3.63, 3.8) is 0 Å². The van der Waals surface area contributed by atoms with Gasteiger partial charge >= 0.3 is 0 Å². The molecule has 2 aromatic carbocycles. The number of benzene rings is 2. The van der Waals surface area contributed by atoms with Gasteiger partial charge in [0.25, 0.3) is 5.91 Å². The van der Waals surface area contributed by atoms with Crippen LogP contribution in [0.3, 0.4) is 0 Å². The fourth-order valence-corrected chi connectivity index (χ4v) is 5.38. The monoisotopic (exact) mass is 482 g/mol. The minimum atomic E-state index is -0.00339. The Morgan fingerprint density at radius 2 is 1.83 bits per heavy atom. The molecule has 1 aliphatic carbocycles. The summed E-state index contributed by atoms with van der Waals surface area (Å²) < 4.78 is 2.18. The lowest BCUT2D eigenvalue weighted by Gasteiger charge is -2.13. The molecule has 5 rings (SSSR count). The minimum absolute atomic E-state index is 0.00339. The molecule has 178 valence electrons. The van der Waals surface area contributed by atoms with Gasteiger partial charge in [0, 0.05) is 24.1 Å². The highest BCUT2D eigenvalue weighted by molar-refractivity contribution is 7.98. The van der Waals surface area contributed by atoms with Crippen LogP contribution in [0.2, 0.25) is 0 Å². The van der Waals surface area contributed by atoms with Crippen molar-refractivity contribution in [3.05, 3.63) is 101 Å². The predicted octanol–water partition coefficient (Wildman–Crippen LogP) is 6.39. The Labute approximate surface area is 210 Å². The molecule has 0 spiro atoms. The zero-order chi connectivity index (χ0) is 23.9. The van der Waals surface area contributed by atoms with E-state index >= 15 is 0 Å². The van der Waals surface area contributed by atoms with Gasteiger partial charge < -0.3 is 5.32 Å². The number of nitrogens with zero attached hydrogens (tertiary/aromatic N) is 3. The average Bonchev–Trinajstić information content (AvgIpc) is 3.26. The number of amides is 1. The third-order valence-corrected chi connectivity index (χ3v) is 7.40. The van der Waals surface area contributed by atoms with Crippen LogP contribution in [0.1, 0.15) is 53.6 Å². The van der Waals surface area contributed by atoms with Gasteiger partial charge in [-0.3, -0.25) is 9.36 Å². The van der Waals surface area contributed by atoms with Crippen LogP contribution < -0.4 is 5.32 Å². The van der Waals surface area contributed by atoms with Gasteiger partial charge in [-0.15, -0.1) is 0 Å². The molecule has 2 heterocycles. The second-order valence-corrected chi connectivity index (χ2v) is 9.85. The summed E-state index contributed by atoms with van der Waals surface area (Å²) in [6.45, 7) is 1.43. The highest BCUT2D eigenvalue weighted by atomic mass is 32.2. The molecule has 0 fully saturated rings. The first kappa shape index (κ1) is 23.4. The van der Waals surface area contributed by atoms with Crippen molar-refractivity contribution in [1.29, 1.82) is 0 Å². The Bertz CT molecular complexity index is 1310. The van der Waals surface area contributed by atoms with Crippen molar-refractivity contribution in [3.8, 4) is 0 Å². The maximum absolute atomic E-state index is 12.5. The molecule has 2 aromatic heterocycles. The molecule has 0 radical (unpaired) electrons. The fourth-order valence-electron chi connectivity index (χ4n) is 4.43. The van der Waals surface area contributed by atoms with Crippen LogP contribution >= 0.6 is 11.8 Å². The fraction of sp³-hybridized carbons (Fsp3) is 0.276. The Balaban J connectivity index is 1.21. The van der Waals surface area contributed by atoms with Crippen molar-refractivity contribution in [1.82, 2.24) is 19.9 Å². The highest BCUT2D eigenvalue weighted by Gasteiger charge is 2.13. The number of pyridine rings is 1. The van der Waals surface area contributed by atoms with Crippen LogP contribution in [0.25, 0.3) is 11.2 Å². The van der Waals surface area contributed by atoms with E-state index in [1.165, 1.54) is 36.8 Å². The van der Waals surface area contributed by atoms with Crippen LogP contribution in [-0.4, -0.2) is 27.0 Å². The molecule has 0 unspecified atom stereocenters. The standard InChI is InChI=1S/C29H30N4OS/c34-28(31-19-17-22-8-3-1-4-9-22)25-15-13-24(14-16-25)21-35-29-32-26-12-7-18-30-27(26)33(29)20-23-10-5-2-6-11-23/h2,5-8,10-16,18H,1,3-4,9,17,19-21H2,(H,31,34). The van der Waals surface area contributed by atoms with E-state index in [0.717, 1.165) is 40.6 Å². The number of fused-ring (bicyclic) bond motifs is 1. The number of hydrogen-bond donors (Lipinski definition) is 1. The second kappa shape index (κ2) is 11.4. The number of carbonyl (C=O) groups is 1. The van der Waals surface area contributed by atoms with E-state index in [0.29, 0.717) is 12.1 Å². The van der Waals surface area contributed by atoms with Crippen LogP contribution in [0.5, 0.6) is 0 Å². The lowest BCUT2D eigenvalue weighted by atomic mass is 9.97. The minimum Gasteiger partial charge on any atom is -0.352 e. The van der Waals surface area contributed by atoms with Crippen molar-refractivity contribution in [2.45, 2.75) is 49.6 Å². The molecule has 0 saturated carbocycles. The van der Waals surface area contributed by atoms with E-state index in [9.17, 15) is 4.79 Å². The van der Waals surface area contributed by atoms with Gasteiger partial charge in [0.05, 0.1) is 6.54 Å². The largest absolute Gasteiger partial charge is 0.352 e. The summed E-state index contributed by atoms with van der Waals surface area (Å²) >= 11 is 1.69. The lowest BCUT2D eigenvalue weighted by Crippen LogP contribution is -2.24. The first-order valence-corrected chi connectivity index (χ1v) is 13.3. The van der Waals surface area contributed by atoms with Gasteiger partial charge in [0.15, 0.2) is 10.8 Å². The van der Waals surface area contributed by atoms with Crippen molar-refractivity contribution in [2.24, 2.45) is 0 Å². The number of hydrogen-bond acceptors (Lipinski definition) is 4. The predicted molar refractivity (Wildman–Crippen MR) is 143 cm³/mol. The SMILES string of the molecule is O=C(NCCC1=CCCCC1)c1ccc(CSc2nc3cccnc3n2Cc2ccccc2)cc1. The zero-order valence-corrected chi connectivity index (χ0v) is 20.6. The summed E-state index contributed by atoms with van der Waals surface area (Å²) in [6.07, 6.45) is 10.0. The van der Waals surface area contributed by atoms with Gasteiger partial charge in [-0.25, -0.2) is 9.97 Å². The van der Waals surface area contributed by atoms with Crippen molar-refractivity contribution >= 4 is 28.8 Å². The lowest BCUT2D eigenvalue weighted by molar-refractivity contribution is 0.0954. The number of nitrogens with one attached hydrogen (secondary N) is 1. The van der Waals surface area contributed by atoms with Gasteiger partial charge in [0.2, 0.25) is 0 Å². The number of carbonyl (C=O) groups excluding carboxylic acids is 1. The maximum Gasteiger partial charge on any atom is 0.251 e. The molecule has 1 aliphatic rings. The molecular weight excluding hydrogens is 452 g/mol. The summed E-state index contributed by atoms with van der Waals surface area (Å²) in [4.78, 5) is 22.0. The molecule has 0 saturated heterocycles. The number of imidazole rings is 1. The smallest absolute Gasteiger partial charge is 0.251 e. The molecular formula is C29H30N4OS. The van der Waals surface area contributed by atoms with Crippen LogP contribution in [0.15, 0.2) is 89.7 Å². The van der Waals surface area contributed by atoms with Gasteiger partial charge in [-0.05, 0) is 67.5 Å². The van der Waals surface area contributed by atoms with Crippen LogP contribution in [0.4, 0.5) is 0 Å². The zero-order valence-electron chi connectivity index (χ0n) is 19.8. The Kier molecular flexibility index (Phi) is 7.59. The molecule has 5 nitrogen and oxygen atoms in total. The van der Waals surface area contributed by atoms with Gasteiger partial charge in [-0.1, -0.05) is 65.9 Å². The summed E-state index contributed by atoms with van der Waals surface area (Å²) in [5.74, 6) is 0.769. The normalized spacial score (nSPS) is 13.5. The van der Waals surface area contributed by atoms with E-state index in [1.807, 2.05) is 48.7 Å². The third-order valence-electron chi connectivity index (χ3n) is 6.35. The number of allylic oxidation sites excluding steroid dienone is 1. The van der Waals surface area contributed by atoms with Crippen molar-refractivity contribution < 1.29 is 4.79 Å². The van der Waals surface area contributed by atoms with E-state index in [-0.39, 0.29) is 5.91 Å².